The minimum absolute atomic E-state index is 0.0456. The zero-order chi connectivity index (χ0) is 15.0. The molecular weight excluding hydrogens is 258 g/mol. The van der Waals surface area contributed by atoms with Crippen LogP contribution in [0.5, 0.6) is 0 Å². The minimum Gasteiger partial charge on any atom is -0.466 e. The molecule has 1 aliphatic heterocycles. The summed E-state index contributed by atoms with van der Waals surface area (Å²) in [5.41, 5.74) is 0. The third-order valence-corrected chi connectivity index (χ3v) is 3.76. The number of carbonyl (C=O) groups is 2. The molecule has 2 unspecified atom stereocenters. The second-order valence-electron chi connectivity index (χ2n) is 5.48. The Morgan fingerprint density at radius 2 is 2.20 bits per heavy atom. The molecule has 0 spiro atoms. The Hall–Kier alpha value is -1.10. The minimum atomic E-state index is -0.833. The molecule has 5 nitrogen and oxygen atoms in total. The Bertz CT molecular complexity index is 319. The summed E-state index contributed by atoms with van der Waals surface area (Å²) in [5.74, 6) is 0.286. The summed E-state index contributed by atoms with van der Waals surface area (Å²) in [6.07, 6.45) is 3.91. The molecule has 1 N–H and O–H groups in total. The molecule has 20 heavy (non-hydrogen) atoms. The first-order valence-corrected chi connectivity index (χ1v) is 7.68. The van der Waals surface area contributed by atoms with Crippen LogP contribution in [-0.4, -0.2) is 47.7 Å². The van der Waals surface area contributed by atoms with E-state index in [9.17, 15) is 14.7 Å². The van der Waals surface area contributed by atoms with E-state index in [1.54, 1.807) is 11.8 Å². The third kappa shape index (κ3) is 5.90. The van der Waals surface area contributed by atoms with E-state index in [2.05, 4.69) is 6.92 Å². The van der Waals surface area contributed by atoms with Gasteiger partial charge in [-0.1, -0.05) is 19.8 Å². The number of rotatable bonds is 7. The Balaban J connectivity index is 2.41. The fourth-order valence-corrected chi connectivity index (χ4v) is 2.71. The second kappa shape index (κ2) is 8.95. The fourth-order valence-electron chi connectivity index (χ4n) is 2.71. The summed E-state index contributed by atoms with van der Waals surface area (Å²) in [6.45, 7) is 5.12. The largest absolute Gasteiger partial charge is 0.466 e. The standard InChI is InChI=1S/C15H27NO4/c1-3-5-12-6-7-14(18)16(9-8-12)11-13(17)10-15(19)20-4-2/h12-13,17H,3-11H2,1-2H3. The van der Waals surface area contributed by atoms with Gasteiger partial charge in [0.15, 0.2) is 0 Å². The summed E-state index contributed by atoms with van der Waals surface area (Å²) >= 11 is 0. The maximum atomic E-state index is 12.0. The van der Waals surface area contributed by atoms with Crippen LogP contribution in [0.15, 0.2) is 0 Å². The van der Waals surface area contributed by atoms with Crippen LogP contribution in [0.2, 0.25) is 0 Å². The summed E-state index contributed by atoms with van der Waals surface area (Å²) in [4.78, 5) is 25.0. The summed E-state index contributed by atoms with van der Waals surface area (Å²) in [5, 5.41) is 9.88. The Labute approximate surface area is 121 Å². The fraction of sp³-hybridized carbons (Fsp3) is 0.867. The third-order valence-electron chi connectivity index (χ3n) is 3.76. The highest BCUT2D eigenvalue weighted by Gasteiger charge is 2.24. The van der Waals surface area contributed by atoms with Crippen LogP contribution in [0.1, 0.15) is 52.4 Å². The van der Waals surface area contributed by atoms with Gasteiger partial charge in [-0.15, -0.1) is 0 Å². The molecule has 1 heterocycles. The molecule has 0 aromatic rings. The molecule has 1 aliphatic rings. The molecule has 0 bridgehead atoms. The van der Waals surface area contributed by atoms with Crippen molar-refractivity contribution < 1.29 is 19.4 Å². The molecule has 116 valence electrons. The smallest absolute Gasteiger partial charge is 0.308 e. The van der Waals surface area contributed by atoms with Crippen molar-refractivity contribution in [3.8, 4) is 0 Å². The maximum Gasteiger partial charge on any atom is 0.308 e. The van der Waals surface area contributed by atoms with Gasteiger partial charge in [0, 0.05) is 19.5 Å². The number of β-amino-alcohol motifs (C(OH)–C–C–N with tert-alkyl or cyclic N) is 1. The van der Waals surface area contributed by atoms with Crippen LogP contribution >= 0.6 is 0 Å². The van der Waals surface area contributed by atoms with E-state index in [0.717, 1.165) is 25.7 Å². The first kappa shape index (κ1) is 17.0. The van der Waals surface area contributed by atoms with Crippen molar-refractivity contribution in [2.24, 2.45) is 5.92 Å². The molecular formula is C15H27NO4. The zero-order valence-corrected chi connectivity index (χ0v) is 12.6. The average Bonchev–Trinajstić information content (AvgIpc) is 2.55. The number of aliphatic hydroxyl groups excluding tert-OH is 1. The van der Waals surface area contributed by atoms with E-state index < -0.39 is 12.1 Å². The average molecular weight is 285 g/mol. The molecule has 0 aromatic carbocycles. The Morgan fingerprint density at radius 1 is 1.45 bits per heavy atom. The molecule has 0 saturated carbocycles. The number of ether oxygens (including phenoxy) is 1. The predicted octanol–water partition coefficient (Wildman–Crippen LogP) is 1.73. The van der Waals surface area contributed by atoms with Gasteiger partial charge < -0.3 is 14.7 Å². The topological polar surface area (TPSA) is 66.8 Å². The van der Waals surface area contributed by atoms with Crippen LogP contribution in [0.3, 0.4) is 0 Å². The van der Waals surface area contributed by atoms with Crippen molar-refractivity contribution in [1.82, 2.24) is 4.90 Å². The van der Waals surface area contributed by atoms with E-state index >= 15 is 0 Å². The molecule has 0 aliphatic carbocycles. The SMILES string of the molecule is CCCC1CCC(=O)N(CC(O)CC(=O)OCC)CC1. The zero-order valence-electron chi connectivity index (χ0n) is 12.6. The molecule has 0 aromatic heterocycles. The lowest BCUT2D eigenvalue weighted by molar-refractivity contribution is -0.146. The van der Waals surface area contributed by atoms with E-state index in [1.165, 1.54) is 0 Å². The van der Waals surface area contributed by atoms with Gasteiger partial charge in [-0.2, -0.15) is 0 Å². The van der Waals surface area contributed by atoms with Gasteiger partial charge in [0.25, 0.3) is 0 Å². The number of nitrogens with zero attached hydrogens (tertiary/aromatic N) is 1. The van der Waals surface area contributed by atoms with Gasteiger partial charge in [-0.3, -0.25) is 9.59 Å². The highest BCUT2D eigenvalue weighted by molar-refractivity contribution is 5.76. The number of hydrogen-bond acceptors (Lipinski definition) is 4. The first-order valence-electron chi connectivity index (χ1n) is 7.68. The lowest BCUT2D eigenvalue weighted by Gasteiger charge is -2.23. The van der Waals surface area contributed by atoms with E-state index in [4.69, 9.17) is 4.74 Å². The van der Waals surface area contributed by atoms with Crippen LogP contribution in [-0.2, 0) is 14.3 Å². The molecule has 2 atom stereocenters. The summed E-state index contributed by atoms with van der Waals surface area (Å²) < 4.78 is 4.80. The van der Waals surface area contributed by atoms with Crippen molar-refractivity contribution in [3.05, 3.63) is 0 Å². The Kier molecular flexibility index (Phi) is 7.59. The number of carbonyl (C=O) groups excluding carboxylic acids is 2. The first-order chi connectivity index (χ1) is 9.56. The van der Waals surface area contributed by atoms with E-state index in [1.807, 2.05) is 0 Å². The van der Waals surface area contributed by atoms with Gasteiger partial charge in [0.05, 0.1) is 19.1 Å². The number of esters is 1. The highest BCUT2D eigenvalue weighted by Crippen LogP contribution is 2.22. The van der Waals surface area contributed by atoms with Crippen molar-refractivity contribution in [2.45, 2.75) is 58.5 Å². The van der Waals surface area contributed by atoms with Gasteiger partial charge >= 0.3 is 5.97 Å². The lowest BCUT2D eigenvalue weighted by Crippen LogP contribution is -2.38. The van der Waals surface area contributed by atoms with Gasteiger partial charge in [0.1, 0.15) is 0 Å². The van der Waals surface area contributed by atoms with Crippen LogP contribution < -0.4 is 0 Å². The summed E-state index contributed by atoms with van der Waals surface area (Å²) in [7, 11) is 0. The van der Waals surface area contributed by atoms with Crippen molar-refractivity contribution in [1.29, 1.82) is 0 Å². The normalized spacial score (nSPS) is 21.4. The van der Waals surface area contributed by atoms with Crippen molar-refractivity contribution in [3.63, 3.8) is 0 Å². The lowest BCUT2D eigenvalue weighted by atomic mass is 9.96. The van der Waals surface area contributed by atoms with Crippen molar-refractivity contribution >= 4 is 11.9 Å². The second-order valence-corrected chi connectivity index (χ2v) is 5.48. The quantitative estimate of drug-likeness (QED) is 0.723. The Morgan fingerprint density at radius 3 is 2.85 bits per heavy atom. The van der Waals surface area contributed by atoms with Crippen LogP contribution in [0, 0.1) is 5.92 Å². The predicted molar refractivity (Wildman–Crippen MR) is 76.1 cm³/mol. The number of likely N-dealkylation sites (tertiary alicyclic amines) is 1. The number of hydrogen-bond donors (Lipinski definition) is 1. The highest BCUT2D eigenvalue weighted by atomic mass is 16.5. The summed E-state index contributed by atoms with van der Waals surface area (Å²) in [6, 6.07) is 0. The molecule has 0 radical (unpaired) electrons. The van der Waals surface area contributed by atoms with E-state index in [-0.39, 0.29) is 18.9 Å². The number of aliphatic hydroxyl groups is 1. The molecule has 1 fully saturated rings. The number of amides is 1. The van der Waals surface area contributed by atoms with Crippen molar-refractivity contribution in [2.75, 3.05) is 19.7 Å². The van der Waals surface area contributed by atoms with Crippen LogP contribution in [0.4, 0.5) is 0 Å². The van der Waals surface area contributed by atoms with Crippen LogP contribution in [0.25, 0.3) is 0 Å². The molecule has 1 rings (SSSR count). The van der Waals surface area contributed by atoms with E-state index in [0.29, 0.717) is 25.5 Å². The maximum absolute atomic E-state index is 12.0. The molecule has 1 saturated heterocycles. The molecule has 1 amide bonds. The molecule has 5 heteroatoms. The monoisotopic (exact) mass is 285 g/mol. The van der Waals surface area contributed by atoms with Gasteiger partial charge in [-0.05, 0) is 25.7 Å². The van der Waals surface area contributed by atoms with Gasteiger partial charge in [-0.25, -0.2) is 0 Å². The van der Waals surface area contributed by atoms with Gasteiger partial charge in [0.2, 0.25) is 5.91 Å².